The van der Waals surface area contributed by atoms with E-state index < -0.39 is 5.92 Å². The SMILES string of the molecule is O=C1CCc2cc(OC3CN(CC(F)(F)CCc4ccccc4)C3)ccc2N1. The van der Waals surface area contributed by atoms with Gasteiger partial charge in [0.1, 0.15) is 11.9 Å². The van der Waals surface area contributed by atoms with Gasteiger partial charge in [-0.25, -0.2) is 8.78 Å². The fourth-order valence-corrected chi connectivity index (χ4v) is 3.73. The van der Waals surface area contributed by atoms with E-state index in [9.17, 15) is 13.6 Å². The van der Waals surface area contributed by atoms with Crippen LogP contribution in [0.2, 0.25) is 0 Å². The van der Waals surface area contributed by atoms with E-state index in [0.29, 0.717) is 32.4 Å². The number of likely N-dealkylation sites (tertiary alicyclic amines) is 1. The van der Waals surface area contributed by atoms with Crippen molar-refractivity contribution in [3.63, 3.8) is 0 Å². The molecule has 2 aromatic carbocycles. The van der Waals surface area contributed by atoms with Crippen molar-refractivity contribution in [3.8, 4) is 5.75 Å². The van der Waals surface area contributed by atoms with Gasteiger partial charge in [-0.15, -0.1) is 0 Å². The van der Waals surface area contributed by atoms with Crippen molar-refractivity contribution in [2.45, 2.75) is 37.7 Å². The molecule has 2 aliphatic rings. The third-order valence-corrected chi connectivity index (χ3v) is 5.28. The second kappa shape index (κ2) is 7.87. The van der Waals surface area contributed by atoms with E-state index in [1.54, 1.807) is 4.90 Å². The van der Waals surface area contributed by atoms with Gasteiger partial charge in [-0.3, -0.25) is 9.69 Å². The van der Waals surface area contributed by atoms with E-state index >= 15 is 0 Å². The largest absolute Gasteiger partial charge is 0.488 e. The Morgan fingerprint density at radius 3 is 2.68 bits per heavy atom. The van der Waals surface area contributed by atoms with E-state index in [1.165, 1.54) is 0 Å². The summed E-state index contributed by atoms with van der Waals surface area (Å²) in [5, 5.41) is 2.84. The van der Waals surface area contributed by atoms with Crippen LogP contribution in [0.3, 0.4) is 0 Å². The molecule has 0 saturated carbocycles. The Bertz CT molecular complexity index is 836. The number of nitrogens with zero attached hydrogens (tertiary/aromatic N) is 1. The number of amides is 1. The summed E-state index contributed by atoms with van der Waals surface area (Å²) in [6.07, 6.45) is 1.35. The van der Waals surface area contributed by atoms with Crippen molar-refractivity contribution in [1.82, 2.24) is 4.90 Å². The number of rotatable bonds is 7. The van der Waals surface area contributed by atoms with E-state index in [-0.39, 0.29) is 25.0 Å². The Hall–Kier alpha value is -2.47. The Morgan fingerprint density at radius 1 is 1.11 bits per heavy atom. The van der Waals surface area contributed by atoms with Crippen LogP contribution in [0.4, 0.5) is 14.5 Å². The number of halogens is 2. The number of carbonyl (C=O) groups excluding carboxylic acids is 1. The van der Waals surface area contributed by atoms with Crippen LogP contribution >= 0.6 is 0 Å². The zero-order valence-electron chi connectivity index (χ0n) is 15.7. The number of aryl methyl sites for hydroxylation is 2. The lowest BCUT2D eigenvalue weighted by atomic mass is 10.0. The van der Waals surface area contributed by atoms with Gasteiger partial charge < -0.3 is 10.1 Å². The number of ether oxygens (including phenoxy) is 1. The molecule has 0 atom stereocenters. The molecule has 1 N–H and O–H groups in total. The third-order valence-electron chi connectivity index (χ3n) is 5.28. The summed E-state index contributed by atoms with van der Waals surface area (Å²) in [5.74, 6) is -1.94. The quantitative estimate of drug-likeness (QED) is 0.785. The number of carbonyl (C=O) groups is 1. The molecule has 28 heavy (non-hydrogen) atoms. The summed E-state index contributed by atoms with van der Waals surface area (Å²) >= 11 is 0. The molecule has 2 heterocycles. The van der Waals surface area contributed by atoms with Crippen LogP contribution in [-0.4, -0.2) is 42.5 Å². The molecule has 2 aliphatic heterocycles. The molecule has 0 aliphatic carbocycles. The van der Waals surface area contributed by atoms with Crippen molar-refractivity contribution in [2.75, 3.05) is 25.0 Å². The van der Waals surface area contributed by atoms with Crippen LogP contribution < -0.4 is 10.1 Å². The number of anilines is 1. The first-order valence-corrected chi connectivity index (χ1v) is 9.70. The molecule has 6 heteroatoms. The van der Waals surface area contributed by atoms with Crippen molar-refractivity contribution in [1.29, 1.82) is 0 Å². The number of fused-ring (bicyclic) bond motifs is 1. The molecule has 0 aromatic heterocycles. The first-order chi connectivity index (χ1) is 13.5. The maximum Gasteiger partial charge on any atom is 0.260 e. The van der Waals surface area contributed by atoms with Crippen LogP contribution in [-0.2, 0) is 17.6 Å². The number of nitrogens with one attached hydrogen (secondary N) is 1. The molecule has 1 amide bonds. The smallest absolute Gasteiger partial charge is 0.260 e. The monoisotopic (exact) mass is 386 g/mol. The van der Waals surface area contributed by atoms with Crippen LogP contribution in [0.5, 0.6) is 5.75 Å². The molecule has 0 unspecified atom stereocenters. The first-order valence-electron chi connectivity index (χ1n) is 9.70. The molecule has 4 rings (SSSR count). The molecule has 0 radical (unpaired) electrons. The van der Waals surface area contributed by atoms with Crippen LogP contribution in [0.25, 0.3) is 0 Å². The molecular formula is C22H24F2N2O2. The van der Waals surface area contributed by atoms with Gasteiger partial charge in [0.15, 0.2) is 0 Å². The molecular weight excluding hydrogens is 362 g/mol. The Kier molecular flexibility index (Phi) is 5.31. The van der Waals surface area contributed by atoms with Crippen molar-refractivity contribution < 1.29 is 18.3 Å². The molecule has 0 bridgehead atoms. The summed E-state index contributed by atoms with van der Waals surface area (Å²) in [6.45, 7) is 0.791. The lowest BCUT2D eigenvalue weighted by Crippen LogP contribution is -2.56. The summed E-state index contributed by atoms with van der Waals surface area (Å²) in [7, 11) is 0. The number of hydrogen-bond acceptors (Lipinski definition) is 3. The van der Waals surface area contributed by atoms with Gasteiger partial charge in [0, 0.05) is 31.6 Å². The molecule has 148 valence electrons. The lowest BCUT2D eigenvalue weighted by molar-refractivity contribution is -0.116. The number of hydrogen-bond donors (Lipinski definition) is 1. The van der Waals surface area contributed by atoms with Gasteiger partial charge in [0.25, 0.3) is 5.92 Å². The topological polar surface area (TPSA) is 41.6 Å². The van der Waals surface area contributed by atoms with E-state index in [0.717, 1.165) is 22.6 Å². The summed E-state index contributed by atoms with van der Waals surface area (Å²) < 4.78 is 34.4. The summed E-state index contributed by atoms with van der Waals surface area (Å²) in [6, 6.07) is 15.0. The second-order valence-electron chi connectivity index (χ2n) is 7.64. The first kappa shape index (κ1) is 18.9. The highest BCUT2D eigenvalue weighted by Crippen LogP contribution is 2.29. The summed E-state index contributed by atoms with van der Waals surface area (Å²) in [4.78, 5) is 13.2. The average molecular weight is 386 g/mol. The standard InChI is InChI=1S/C22H24F2N2O2/c23-22(24,11-10-16-4-2-1-3-5-16)15-26-13-19(14-26)28-18-7-8-20-17(12-18)6-9-21(27)25-20/h1-5,7-8,12,19H,6,9-11,13-15H2,(H,25,27). The van der Waals surface area contributed by atoms with E-state index in [1.807, 2.05) is 48.5 Å². The maximum atomic E-state index is 14.2. The minimum absolute atomic E-state index is 0.0315. The van der Waals surface area contributed by atoms with Gasteiger partial charge in [0.05, 0.1) is 6.54 Å². The van der Waals surface area contributed by atoms with Gasteiger partial charge in [-0.2, -0.15) is 0 Å². The minimum atomic E-state index is -2.70. The van der Waals surface area contributed by atoms with Crippen molar-refractivity contribution in [3.05, 3.63) is 59.7 Å². The van der Waals surface area contributed by atoms with Gasteiger partial charge in [0.2, 0.25) is 5.91 Å². The molecule has 2 aromatic rings. The fraction of sp³-hybridized carbons (Fsp3) is 0.409. The van der Waals surface area contributed by atoms with Crippen molar-refractivity contribution in [2.24, 2.45) is 0 Å². The third kappa shape index (κ3) is 4.68. The van der Waals surface area contributed by atoms with Crippen LogP contribution in [0.15, 0.2) is 48.5 Å². The fourth-order valence-electron chi connectivity index (χ4n) is 3.73. The second-order valence-corrected chi connectivity index (χ2v) is 7.64. The Morgan fingerprint density at radius 2 is 1.89 bits per heavy atom. The zero-order chi connectivity index (χ0) is 19.6. The normalized spacial score (nSPS) is 17.6. The minimum Gasteiger partial charge on any atom is -0.488 e. The number of alkyl halides is 2. The summed E-state index contributed by atoms with van der Waals surface area (Å²) in [5.41, 5.74) is 2.83. The molecule has 4 nitrogen and oxygen atoms in total. The van der Waals surface area contributed by atoms with E-state index in [4.69, 9.17) is 4.74 Å². The van der Waals surface area contributed by atoms with E-state index in [2.05, 4.69) is 5.32 Å². The molecule has 0 spiro atoms. The number of benzene rings is 2. The molecule has 1 fully saturated rings. The highest BCUT2D eigenvalue weighted by atomic mass is 19.3. The predicted molar refractivity (Wildman–Crippen MR) is 104 cm³/mol. The maximum absolute atomic E-state index is 14.2. The molecule has 1 saturated heterocycles. The van der Waals surface area contributed by atoms with Gasteiger partial charge >= 0.3 is 0 Å². The van der Waals surface area contributed by atoms with Crippen molar-refractivity contribution >= 4 is 11.6 Å². The Balaban J connectivity index is 1.23. The Labute approximate surface area is 163 Å². The lowest BCUT2D eigenvalue weighted by Gasteiger charge is -2.40. The van der Waals surface area contributed by atoms with Crippen LogP contribution in [0.1, 0.15) is 24.0 Å². The van der Waals surface area contributed by atoms with Gasteiger partial charge in [-0.1, -0.05) is 30.3 Å². The van der Waals surface area contributed by atoms with Crippen LogP contribution in [0, 0.1) is 0 Å². The average Bonchev–Trinajstić information content (AvgIpc) is 2.65. The van der Waals surface area contributed by atoms with Gasteiger partial charge in [-0.05, 0) is 42.2 Å². The zero-order valence-corrected chi connectivity index (χ0v) is 15.7. The highest BCUT2D eigenvalue weighted by molar-refractivity contribution is 5.93. The predicted octanol–water partition coefficient (Wildman–Crippen LogP) is 3.90. The highest BCUT2D eigenvalue weighted by Gasteiger charge is 2.37.